The molecule has 0 aliphatic heterocycles. The lowest BCUT2D eigenvalue weighted by atomic mass is 10.2. The number of pyridine rings is 1. The molecule has 0 aliphatic rings. The van der Waals surface area contributed by atoms with E-state index in [1.165, 1.54) is 6.33 Å². The first-order valence-corrected chi connectivity index (χ1v) is 8.43. The minimum absolute atomic E-state index is 0.214. The van der Waals surface area contributed by atoms with Gasteiger partial charge in [-0.3, -0.25) is 14.6 Å². The van der Waals surface area contributed by atoms with Gasteiger partial charge >= 0.3 is 0 Å². The average molecular weight is 381 g/mol. The highest BCUT2D eigenvalue weighted by Crippen LogP contribution is 2.29. The molecule has 134 valence electrons. The van der Waals surface area contributed by atoms with Crippen molar-refractivity contribution in [3.63, 3.8) is 0 Å². The number of fused-ring (bicyclic) bond motifs is 2. The maximum atomic E-state index is 12.2. The average Bonchev–Trinajstić information content (AvgIpc) is 2.68. The second-order valence-corrected chi connectivity index (χ2v) is 6.15. The molecule has 0 unspecified atom stereocenters. The van der Waals surface area contributed by atoms with Gasteiger partial charge in [-0.15, -0.1) is 0 Å². The standard InChI is InChI=1S/C19H13ClN4O3/c20-14-4-6-16(18-12(14)2-1-7-21-18)27-9-17(25)24-11-3-5-15-13(8-11)19(26)23-10-22-15/h1-8,10H,9H2,(H,24,25)(H,22,23,26). The van der Waals surface area contributed by atoms with Crippen molar-refractivity contribution in [1.82, 2.24) is 15.0 Å². The minimum atomic E-state index is -0.367. The highest BCUT2D eigenvalue weighted by atomic mass is 35.5. The van der Waals surface area contributed by atoms with Crippen molar-refractivity contribution >= 4 is 45.0 Å². The normalized spacial score (nSPS) is 10.9. The second kappa shape index (κ2) is 7.05. The summed E-state index contributed by atoms with van der Waals surface area (Å²) in [5, 5.41) is 4.40. The zero-order valence-corrected chi connectivity index (χ0v) is 14.7. The van der Waals surface area contributed by atoms with Gasteiger partial charge in [-0.25, -0.2) is 4.98 Å². The summed E-state index contributed by atoms with van der Waals surface area (Å²) in [5.74, 6) is 0.0954. The molecule has 0 bridgehead atoms. The van der Waals surface area contributed by atoms with Crippen molar-refractivity contribution < 1.29 is 9.53 Å². The van der Waals surface area contributed by atoms with Crippen molar-refractivity contribution in [2.24, 2.45) is 0 Å². The summed E-state index contributed by atoms with van der Waals surface area (Å²) in [6.07, 6.45) is 2.97. The molecular weight excluding hydrogens is 368 g/mol. The second-order valence-electron chi connectivity index (χ2n) is 5.75. The summed E-state index contributed by atoms with van der Waals surface area (Å²) in [6.45, 7) is -0.214. The molecule has 4 rings (SSSR count). The van der Waals surface area contributed by atoms with Gasteiger partial charge in [0.15, 0.2) is 6.61 Å². The van der Waals surface area contributed by atoms with Gasteiger partial charge in [0.25, 0.3) is 11.5 Å². The molecule has 2 N–H and O–H groups in total. The molecule has 4 aromatic rings. The van der Waals surface area contributed by atoms with Crippen molar-refractivity contribution in [3.05, 3.63) is 70.4 Å². The fourth-order valence-electron chi connectivity index (χ4n) is 2.72. The lowest BCUT2D eigenvalue weighted by Gasteiger charge is -2.10. The van der Waals surface area contributed by atoms with Gasteiger partial charge in [0.2, 0.25) is 0 Å². The van der Waals surface area contributed by atoms with Crippen LogP contribution in [0.2, 0.25) is 5.02 Å². The number of benzene rings is 2. The molecule has 0 spiro atoms. The fraction of sp³-hybridized carbons (Fsp3) is 0.0526. The monoisotopic (exact) mass is 380 g/mol. The van der Waals surface area contributed by atoms with E-state index in [-0.39, 0.29) is 18.1 Å². The predicted octanol–water partition coefficient (Wildman–Crippen LogP) is 3.14. The Bertz CT molecular complexity index is 1220. The third-order valence-electron chi connectivity index (χ3n) is 3.96. The Morgan fingerprint density at radius 1 is 1.15 bits per heavy atom. The first kappa shape index (κ1) is 17.0. The fourth-order valence-corrected chi connectivity index (χ4v) is 2.93. The topological polar surface area (TPSA) is 97.0 Å². The molecule has 0 saturated carbocycles. The van der Waals surface area contributed by atoms with Gasteiger partial charge in [0.1, 0.15) is 11.3 Å². The number of anilines is 1. The number of carbonyl (C=O) groups is 1. The highest BCUT2D eigenvalue weighted by Gasteiger charge is 2.10. The van der Waals surface area contributed by atoms with E-state index in [1.54, 1.807) is 42.6 Å². The van der Waals surface area contributed by atoms with Gasteiger partial charge in [0, 0.05) is 17.3 Å². The van der Waals surface area contributed by atoms with Gasteiger partial charge < -0.3 is 15.0 Å². The number of rotatable bonds is 4. The number of ether oxygens (including phenoxy) is 1. The summed E-state index contributed by atoms with van der Waals surface area (Å²) in [6, 6.07) is 11.9. The zero-order chi connectivity index (χ0) is 18.8. The van der Waals surface area contributed by atoms with Crippen LogP contribution in [0.25, 0.3) is 21.8 Å². The number of carbonyl (C=O) groups excluding carboxylic acids is 1. The van der Waals surface area contributed by atoms with E-state index in [1.807, 2.05) is 6.07 Å². The Labute approximate surface area is 158 Å². The molecule has 2 heterocycles. The number of aromatic nitrogens is 3. The van der Waals surface area contributed by atoms with Crippen molar-refractivity contribution in [2.45, 2.75) is 0 Å². The van der Waals surface area contributed by atoms with Crippen LogP contribution in [0.4, 0.5) is 5.69 Å². The van der Waals surface area contributed by atoms with Crippen LogP contribution in [-0.2, 0) is 4.79 Å². The SMILES string of the molecule is O=C(COc1ccc(Cl)c2cccnc12)Nc1ccc2nc[nH]c(=O)c2c1. The molecule has 0 atom stereocenters. The summed E-state index contributed by atoms with van der Waals surface area (Å²) in [4.78, 5) is 34.9. The van der Waals surface area contributed by atoms with Gasteiger partial charge in [0.05, 0.1) is 22.3 Å². The summed E-state index contributed by atoms with van der Waals surface area (Å²) in [5.41, 5.74) is 1.34. The minimum Gasteiger partial charge on any atom is -0.481 e. The lowest BCUT2D eigenvalue weighted by Crippen LogP contribution is -2.20. The summed E-state index contributed by atoms with van der Waals surface area (Å²) >= 11 is 6.15. The molecule has 27 heavy (non-hydrogen) atoms. The molecule has 7 nitrogen and oxygen atoms in total. The van der Waals surface area contributed by atoms with Crippen LogP contribution in [-0.4, -0.2) is 27.5 Å². The smallest absolute Gasteiger partial charge is 0.262 e. The van der Waals surface area contributed by atoms with E-state index in [2.05, 4.69) is 20.3 Å². The molecule has 8 heteroatoms. The van der Waals surface area contributed by atoms with Crippen molar-refractivity contribution in [3.8, 4) is 5.75 Å². The lowest BCUT2D eigenvalue weighted by molar-refractivity contribution is -0.118. The Hall–Kier alpha value is -3.45. The van der Waals surface area contributed by atoms with E-state index in [4.69, 9.17) is 16.3 Å². The van der Waals surface area contributed by atoms with Gasteiger partial charge in [-0.05, 0) is 42.5 Å². The van der Waals surface area contributed by atoms with E-state index >= 15 is 0 Å². The molecule has 2 aromatic carbocycles. The van der Waals surface area contributed by atoms with Gasteiger partial charge in [-0.2, -0.15) is 0 Å². The number of H-pyrrole nitrogens is 1. The van der Waals surface area contributed by atoms with Crippen LogP contribution in [0.15, 0.2) is 59.8 Å². The van der Waals surface area contributed by atoms with E-state index < -0.39 is 0 Å². The number of nitrogens with one attached hydrogen (secondary N) is 2. The van der Waals surface area contributed by atoms with E-state index in [0.29, 0.717) is 32.9 Å². The maximum absolute atomic E-state index is 12.2. The highest BCUT2D eigenvalue weighted by molar-refractivity contribution is 6.35. The Morgan fingerprint density at radius 3 is 2.93 bits per heavy atom. The van der Waals surface area contributed by atoms with Crippen LogP contribution in [0.1, 0.15) is 0 Å². The van der Waals surface area contributed by atoms with Crippen LogP contribution in [0, 0.1) is 0 Å². The number of amides is 1. The zero-order valence-electron chi connectivity index (χ0n) is 13.9. The summed E-state index contributed by atoms with van der Waals surface area (Å²) < 4.78 is 5.61. The first-order chi connectivity index (χ1) is 13.1. The number of nitrogens with zero attached hydrogens (tertiary/aromatic N) is 2. The Morgan fingerprint density at radius 2 is 2.04 bits per heavy atom. The Balaban J connectivity index is 1.50. The molecule has 2 aromatic heterocycles. The van der Waals surface area contributed by atoms with Crippen LogP contribution >= 0.6 is 11.6 Å². The van der Waals surface area contributed by atoms with Crippen LogP contribution < -0.4 is 15.6 Å². The predicted molar refractivity (Wildman–Crippen MR) is 103 cm³/mol. The number of hydrogen-bond acceptors (Lipinski definition) is 5. The summed E-state index contributed by atoms with van der Waals surface area (Å²) in [7, 11) is 0. The third-order valence-corrected chi connectivity index (χ3v) is 4.29. The maximum Gasteiger partial charge on any atom is 0.262 e. The molecule has 1 amide bonds. The number of aromatic amines is 1. The molecule has 0 saturated heterocycles. The molecular formula is C19H13ClN4O3. The molecule has 0 aliphatic carbocycles. The van der Waals surface area contributed by atoms with Crippen LogP contribution in [0.5, 0.6) is 5.75 Å². The third kappa shape index (κ3) is 3.45. The van der Waals surface area contributed by atoms with E-state index in [9.17, 15) is 9.59 Å². The van der Waals surface area contributed by atoms with E-state index in [0.717, 1.165) is 5.39 Å². The van der Waals surface area contributed by atoms with Crippen molar-refractivity contribution in [2.75, 3.05) is 11.9 Å². The largest absolute Gasteiger partial charge is 0.481 e. The number of halogens is 1. The first-order valence-electron chi connectivity index (χ1n) is 8.05. The molecule has 0 radical (unpaired) electrons. The Kier molecular flexibility index (Phi) is 4.43. The van der Waals surface area contributed by atoms with Crippen molar-refractivity contribution in [1.29, 1.82) is 0 Å². The number of hydrogen-bond donors (Lipinski definition) is 2. The van der Waals surface area contributed by atoms with Gasteiger partial charge in [-0.1, -0.05) is 11.6 Å². The van der Waals surface area contributed by atoms with Crippen LogP contribution in [0.3, 0.4) is 0 Å². The quantitative estimate of drug-likeness (QED) is 0.567. The molecule has 0 fully saturated rings.